The molecule has 4 atom stereocenters. The number of hydrogen-bond acceptors (Lipinski definition) is 9. The van der Waals surface area contributed by atoms with Crippen LogP contribution in [0.2, 0.25) is 0 Å². The molecule has 0 spiro atoms. The Kier molecular flexibility index (Phi) is 35.6. The summed E-state index contributed by atoms with van der Waals surface area (Å²) in [5, 5.41) is 0. The van der Waals surface area contributed by atoms with Gasteiger partial charge in [0.15, 0.2) is 0 Å². The number of aryl methyl sites for hydroxylation is 2. The second kappa shape index (κ2) is 36.0. The predicted molar refractivity (Wildman–Crippen MR) is 356 cm³/mol. The average Bonchev–Trinajstić information content (AvgIpc) is 0.815. The largest absolute Gasteiger partial charge is 1.00 e. The van der Waals surface area contributed by atoms with E-state index < -0.39 is 46.1 Å². The van der Waals surface area contributed by atoms with E-state index >= 15 is 0 Å². The number of alkyl halides is 2. The van der Waals surface area contributed by atoms with Crippen LogP contribution < -0.4 is 42.0 Å². The third kappa shape index (κ3) is 27.4. The van der Waals surface area contributed by atoms with Crippen LogP contribution in [0.3, 0.4) is 0 Å². The molecule has 0 saturated heterocycles. The van der Waals surface area contributed by atoms with Gasteiger partial charge in [0.05, 0.1) is 0 Å². The van der Waals surface area contributed by atoms with Gasteiger partial charge in [-0.25, -0.2) is 4.79 Å². The molecule has 0 radical (unpaired) electrons. The van der Waals surface area contributed by atoms with Crippen LogP contribution in [-0.4, -0.2) is 53.3 Å². The van der Waals surface area contributed by atoms with Gasteiger partial charge in [0.2, 0.25) is 5.97 Å². The smallest absolute Gasteiger partial charge is 1.00 e. The Morgan fingerprint density at radius 1 is 0.477 bits per heavy atom. The van der Waals surface area contributed by atoms with Crippen molar-refractivity contribution in [2.75, 3.05) is 0 Å². The summed E-state index contributed by atoms with van der Waals surface area (Å²) in [6, 6.07) is 34.9. The van der Waals surface area contributed by atoms with E-state index in [2.05, 4.69) is 239 Å². The van der Waals surface area contributed by atoms with E-state index in [9.17, 15) is 36.7 Å². The minimum Gasteiger partial charge on any atom is -1.00 e. The summed E-state index contributed by atoms with van der Waals surface area (Å²) < 4.78 is 88.2. The van der Waals surface area contributed by atoms with Gasteiger partial charge in [0.1, 0.15) is 22.8 Å². The first-order chi connectivity index (χ1) is 38.0. The van der Waals surface area contributed by atoms with Crippen molar-refractivity contribution in [3.8, 4) is 0 Å². The zero-order valence-electron chi connectivity index (χ0n) is 52.5. The first kappa shape index (κ1) is 87.2. The Hall–Kier alpha value is -2.88. The first-order valence-electron chi connectivity index (χ1n) is 28.5. The summed E-state index contributed by atoms with van der Waals surface area (Å²) in [5.74, 6) is -5.49. The summed E-state index contributed by atoms with van der Waals surface area (Å²) >= 11 is 4.65. The maximum Gasteiger partial charge on any atom is 1.00 e. The fraction of sp³-hybridized carbons (Fsp3) is 0.586. The van der Waals surface area contributed by atoms with Crippen molar-refractivity contribution in [3.05, 3.63) is 144 Å². The van der Waals surface area contributed by atoms with Crippen LogP contribution in [-0.2, 0) is 60.9 Å². The van der Waals surface area contributed by atoms with E-state index in [0.29, 0.717) is 57.3 Å². The van der Waals surface area contributed by atoms with Gasteiger partial charge < -0.3 is 30.7 Å². The van der Waals surface area contributed by atoms with Crippen molar-refractivity contribution in [2.45, 2.75) is 229 Å². The molecule has 0 N–H and O–H groups in total. The second-order valence-corrected chi connectivity index (χ2v) is 30.6. The number of carbonyl (C=O) groups is 4. The van der Waals surface area contributed by atoms with E-state index in [1.807, 2.05) is 0 Å². The number of ether oxygens (including phenoxy) is 2. The monoisotopic (exact) mass is 1500 g/mol. The van der Waals surface area contributed by atoms with Gasteiger partial charge in [-0.2, -0.15) is 8.78 Å². The molecule has 8 saturated carbocycles. The molecule has 88 heavy (non-hydrogen) atoms. The average molecular weight is 1500 g/mol. The van der Waals surface area contributed by atoms with E-state index in [0.717, 1.165) is 25.7 Å². The molecule has 8 fully saturated rings. The van der Waals surface area contributed by atoms with Gasteiger partial charge in [-0.3, -0.25) is 14.4 Å². The van der Waals surface area contributed by atoms with Gasteiger partial charge in [0, 0.05) is 44.2 Å². The Morgan fingerprint density at radius 3 is 0.920 bits per heavy atom. The Balaban J connectivity index is 0. The fourth-order valence-electron chi connectivity index (χ4n) is 12.1. The van der Waals surface area contributed by atoms with Crippen LogP contribution in [0.15, 0.2) is 97.1 Å². The standard InChI is InChI=1S/C13H16F2O3.C12H13F2O3.2C11H16.2C10H13I.3CH4.ClH.Na.O3S/c1-12(14,15)11(17)18-13-4-7-2-8(5-13)10(16)9(3-7)6-13;13-10(14)11(16)17-12-3-6-1-7(4-12)9(15)8(2-6)5-12;2*1-9-5-7-10(8-6-9)11(2,3)4;2*1-10(2,3)8-4-6-9(11)7-5-8;;;;;;1-4(2)3/h7-9H,2-6H2,1H3;6-8H,1-5H2;2*5-8H,1-4H3;2*4-7H,1-3H3;3*1H4;1H;;/q;-1;;;;;;;;;+1;/p-1. The number of carbonyl (C=O) groups excluding carboxylic acids is 4. The van der Waals surface area contributed by atoms with Crippen LogP contribution in [0.1, 0.15) is 210 Å². The molecule has 0 aromatic heterocycles. The van der Waals surface area contributed by atoms with E-state index in [4.69, 9.17) is 22.1 Å². The second-order valence-electron chi connectivity index (χ2n) is 27.7. The molecule has 8 aliphatic carbocycles. The zero-order chi connectivity index (χ0) is 62.8. The van der Waals surface area contributed by atoms with Crippen LogP contribution in [0.4, 0.5) is 17.6 Å². The molecule has 4 aromatic carbocycles. The Morgan fingerprint density at radius 2 is 0.705 bits per heavy atom. The van der Waals surface area contributed by atoms with E-state index in [-0.39, 0.29) is 121 Å². The molecule has 9 nitrogen and oxygen atoms in total. The van der Waals surface area contributed by atoms with Crippen molar-refractivity contribution >= 4 is 79.3 Å². The normalized spacial score (nSPS) is 23.0. The molecular weight excluding hydrogens is 1410 g/mol. The maximum absolute atomic E-state index is 12.9. The number of ketones is 2. The predicted octanol–water partition coefficient (Wildman–Crippen LogP) is 13.1. The molecule has 0 aliphatic heterocycles. The first-order valence-corrected chi connectivity index (χ1v) is 31.7. The number of esters is 2. The number of Topliss-reactive ketones (excluding diaryl/α,β-unsaturated/α-hetero) is 2. The van der Waals surface area contributed by atoms with Gasteiger partial charge in [0.25, 0.3) is 0 Å². The molecule has 0 amide bonds. The molecule has 4 aromatic rings. The minimum absolute atomic E-state index is 0. The molecule has 490 valence electrons. The zero-order valence-corrected chi connectivity index (χ0v) is 60.4. The SMILES string of the molecule is C.C.C.CC(C)(C)c1ccc(I)cc1.CC(C)(C)c1ccc(I)cc1.CC(F)(F)C(=O)OC12CC3CC(C1)C(=O)C(C3)C2.Cc1ccc(C(C)(C)C)cc1.Cc1ccc(C(C)(C)C)cc1.O=C(OC12CC3CC(C1)C(=O)C(C3)C2)[C-](F)F.O=S(=O)=O.[Cl-].[Na+]. The van der Waals surface area contributed by atoms with Crippen molar-refractivity contribution in [1.82, 2.24) is 0 Å². The number of halogens is 7. The number of rotatable bonds is 4. The van der Waals surface area contributed by atoms with Gasteiger partial charge in [-0.1, -0.05) is 189 Å². The van der Waals surface area contributed by atoms with Gasteiger partial charge in [-0.15, -0.1) is 12.6 Å². The third-order valence-electron chi connectivity index (χ3n) is 16.3. The Bertz CT molecular complexity index is 2670. The summed E-state index contributed by atoms with van der Waals surface area (Å²) in [6.07, 6.45) is 4.15. The molecule has 12 rings (SSSR count). The molecule has 8 aliphatic rings. The van der Waals surface area contributed by atoms with Crippen LogP contribution in [0, 0.1) is 62.9 Å². The number of benzene rings is 4. The van der Waals surface area contributed by atoms with E-state index in [1.54, 1.807) is 0 Å². The van der Waals surface area contributed by atoms with Crippen LogP contribution >= 0.6 is 45.2 Å². The molecule has 0 heterocycles. The molecule has 8 bridgehead atoms. The van der Waals surface area contributed by atoms with Gasteiger partial charge in [-0.05, 0) is 203 Å². The van der Waals surface area contributed by atoms with Crippen molar-refractivity contribution < 1.29 is 101 Å². The summed E-state index contributed by atoms with van der Waals surface area (Å²) in [7, 11) is -3.11. The summed E-state index contributed by atoms with van der Waals surface area (Å²) in [6.45, 7) is 31.6. The molecule has 18 heteroatoms. The van der Waals surface area contributed by atoms with Gasteiger partial charge >= 0.3 is 52.1 Å². The van der Waals surface area contributed by atoms with Crippen molar-refractivity contribution in [3.63, 3.8) is 0 Å². The Labute approximate surface area is 583 Å². The minimum atomic E-state index is -3.45. The molecule has 4 unspecified atom stereocenters. The summed E-state index contributed by atoms with van der Waals surface area (Å²) in [5.41, 5.74) is 7.83. The summed E-state index contributed by atoms with van der Waals surface area (Å²) in [4.78, 5) is 46.1. The quantitative estimate of drug-likeness (QED) is 0.0643. The molecular formula is C70H99ClF4I2NaO9S-. The van der Waals surface area contributed by atoms with Crippen LogP contribution in [0.5, 0.6) is 0 Å². The topological polar surface area (TPSA) is 138 Å². The maximum atomic E-state index is 12.9. The number of hydrogen-bond donors (Lipinski definition) is 0. The fourth-order valence-corrected chi connectivity index (χ4v) is 12.8. The third-order valence-corrected chi connectivity index (χ3v) is 17.7. The van der Waals surface area contributed by atoms with Crippen molar-refractivity contribution in [2.24, 2.45) is 35.5 Å². The van der Waals surface area contributed by atoms with E-state index in [1.165, 1.54) is 40.5 Å². The van der Waals surface area contributed by atoms with Crippen molar-refractivity contribution in [1.29, 1.82) is 0 Å². The van der Waals surface area contributed by atoms with Crippen LogP contribution in [0.25, 0.3) is 0 Å².